The summed E-state index contributed by atoms with van der Waals surface area (Å²) in [6.45, 7) is 2.46. The summed E-state index contributed by atoms with van der Waals surface area (Å²) in [7, 11) is 1.62. The maximum absolute atomic E-state index is 9.44. The topological polar surface area (TPSA) is 42.2 Å². The molecule has 23 heavy (non-hydrogen) atoms. The first-order valence-corrected chi connectivity index (χ1v) is 8.42. The predicted octanol–water partition coefficient (Wildman–Crippen LogP) is 5.42. The van der Waals surface area contributed by atoms with Crippen LogP contribution in [0.25, 0.3) is 11.6 Å². The molecule has 0 aliphatic rings. The minimum absolute atomic E-state index is 0.544. The Labute approximate surface area is 154 Å². The Morgan fingerprint density at radius 1 is 1.30 bits per heavy atom. The predicted molar refractivity (Wildman–Crippen MR) is 102 cm³/mol. The SMILES string of the molecule is CCOc1cc(C=C(C#N)c2ccc(Cl)cc2)cc(I)c1OC. The highest BCUT2D eigenvalue weighted by molar-refractivity contribution is 14.1. The number of hydrogen-bond donors (Lipinski definition) is 0. The van der Waals surface area contributed by atoms with Crippen molar-refractivity contribution in [1.82, 2.24) is 0 Å². The maximum atomic E-state index is 9.44. The number of benzene rings is 2. The second kappa shape index (κ2) is 8.23. The Morgan fingerprint density at radius 2 is 2.00 bits per heavy atom. The van der Waals surface area contributed by atoms with E-state index in [9.17, 15) is 5.26 Å². The van der Waals surface area contributed by atoms with Gasteiger partial charge in [0.2, 0.25) is 0 Å². The molecule has 0 bridgehead atoms. The molecule has 0 N–H and O–H groups in total. The van der Waals surface area contributed by atoms with Crippen LogP contribution in [-0.4, -0.2) is 13.7 Å². The van der Waals surface area contributed by atoms with Crippen molar-refractivity contribution in [3.63, 3.8) is 0 Å². The van der Waals surface area contributed by atoms with Gasteiger partial charge in [-0.1, -0.05) is 23.7 Å². The van der Waals surface area contributed by atoms with E-state index in [4.69, 9.17) is 21.1 Å². The third-order valence-corrected chi connectivity index (χ3v) is 4.18. The molecule has 0 spiro atoms. The zero-order valence-electron chi connectivity index (χ0n) is 12.8. The monoisotopic (exact) mass is 439 g/mol. The van der Waals surface area contributed by atoms with Crippen LogP contribution in [0.4, 0.5) is 0 Å². The van der Waals surface area contributed by atoms with Crippen molar-refractivity contribution in [3.8, 4) is 17.6 Å². The molecule has 0 atom stereocenters. The van der Waals surface area contributed by atoms with Crippen LogP contribution in [0.2, 0.25) is 5.02 Å². The Bertz CT molecular complexity index is 764. The molecule has 0 amide bonds. The zero-order valence-corrected chi connectivity index (χ0v) is 15.7. The average molecular weight is 440 g/mol. The number of nitrogens with zero attached hydrogens (tertiary/aromatic N) is 1. The standard InChI is InChI=1S/C18H15ClINO2/c1-3-23-17-10-12(9-16(20)18(17)22-2)8-14(11-21)13-4-6-15(19)7-5-13/h4-10H,3H2,1-2H3. The first kappa shape index (κ1) is 17.6. The molecule has 3 nitrogen and oxygen atoms in total. The summed E-state index contributed by atoms with van der Waals surface area (Å²) in [6.07, 6.45) is 1.83. The van der Waals surface area contributed by atoms with Crippen LogP contribution in [0.15, 0.2) is 36.4 Å². The van der Waals surface area contributed by atoms with Crippen LogP contribution < -0.4 is 9.47 Å². The van der Waals surface area contributed by atoms with E-state index in [-0.39, 0.29) is 0 Å². The van der Waals surface area contributed by atoms with Gasteiger partial charge < -0.3 is 9.47 Å². The fourth-order valence-electron chi connectivity index (χ4n) is 2.11. The van der Waals surface area contributed by atoms with Crippen molar-refractivity contribution < 1.29 is 9.47 Å². The molecule has 0 aromatic heterocycles. The normalized spacial score (nSPS) is 11.0. The van der Waals surface area contributed by atoms with Crippen molar-refractivity contribution in [1.29, 1.82) is 5.26 Å². The molecule has 0 fully saturated rings. The minimum Gasteiger partial charge on any atom is -0.492 e. The number of allylic oxidation sites excluding steroid dienone is 1. The van der Waals surface area contributed by atoms with Gasteiger partial charge in [-0.15, -0.1) is 0 Å². The number of rotatable bonds is 5. The second-order valence-corrected chi connectivity index (χ2v) is 6.24. The van der Waals surface area contributed by atoms with Crippen LogP contribution in [0.5, 0.6) is 11.5 Å². The van der Waals surface area contributed by atoms with Gasteiger partial charge in [-0.05, 0) is 71.0 Å². The van der Waals surface area contributed by atoms with Crippen LogP contribution in [0.3, 0.4) is 0 Å². The summed E-state index contributed by atoms with van der Waals surface area (Å²) in [5, 5.41) is 10.1. The van der Waals surface area contributed by atoms with Crippen molar-refractivity contribution in [2.45, 2.75) is 6.92 Å². The molecule has 2 rings (SSSR count). The third kappa shape index (κ3) is 4.40. The van der Waals surface area contributed by atoms with Gasteiger partial charge in [-0.3, -0.25) is 0 Å². The number of ether oxygens (including phenoxy) is 2. The smallest absolute Gasteiger partial charge is 0.174 e. The molecule has 0 heterocycles. The van der Waals surface area contributed by atoms with Gasteiger partial charge in [-0.2, -0.15) is 5.26 Å². The Morgan fingerprint density at radius 3 is 2.57 bits per heavy atom. The lowest BCUT2D eigenvalue weighted by atomic mass is 10.0. The van der Waals surface area contributed by atoms with E-state index >= 15 is 0 Å². The van der Waals surface area contributed by atoms with Crippen LogP contribution in [-0.2, 0) is 0 Å². The zero-order chi connectivity index (χ0) is 16.8. The van der Waals surface area contributed by atoms with Crippen molar-refractivity contribution in [2.75, 3.05) is 13.7 Å². The van der Waals surface area contributed by atoms with E-state index in [0.717, 1.165) is 14.7 Å². The van der Waals surface area contributed by atoms with Crippen molar-refractivity contribution in [2.24, 2.45) is 0 Å². The Balaban J connectivity index is 2.48. The summed E-state index contributed by atoms with van der Waals surface area (Å²) < 4.78 is 11.9. The number of methoxy groups -OCH3 is 1. The number of hydrogen-bond acceptors (Lipinski definition) is 3. The third-order valence-electron chi connectivity index (χ3n) is 3.12. The van der Waals surface area contributed by atoms with Crippen molar-refractivity contribution >= 4 is 45.8 Å². The lowest BCUT2D eigenvalue weighted by Crippen LogP contribution is -1.98. The number of halogens is 2. The summed E-state index contributed by atoms with van der Waals surface area (Å²) >= 11 is 8.09. The molecule has 118 valence electrons. The first-order valence-electron chi connectivity index (χ1n) is 6.97. The van der Waals surface area contributed by atoms with E-state index in [1.165, 1.54) is 0 Å². The highest BCUT2D eigenvalue weighted by Gasteiger charge is 2.11. The fourth-order valence-corrected chi connectivity index (χ4v) is 3.08. The van der Waals surface area contributed by atoms with E-state index in [1.807, 2.05) is 37.3 Å². The second-order valence-electron chi connectivity index (χ2n) is 4.64. The summed E-state index contributed by atoms with van der Waals surface area (Å²) in [5.41, 5.74) is 2.26. The van der Waals surface area contributed by atoms with Gasteiger partial charge in [0.05, 0.1) is 28.9 Å². The molecule has 2 aromatic rings. The van der Waals surface area contributed by atoms with Gasteiger partial charge >= 0.3 is 0 Å². The highest BCUT2D eigenvalue weighted by Crippen LogP contribution is 2.35. The summed E-state index contributed by atoms with van der Waals surface area (Å²) in [4.78, 5) is 0. The van der Waals surface area contributed by atoms with Gasteiger partial charge in [-0.25, -0.2) is 0 Å². The molecule has 0 unspecified atom stereocenters. The molecule has 5 heteroatoms. The van der Waals surface area contributed by atoms with E-state index in [1.54, 1.807) is 19.2 Å². The van der Waals surface area contributed by atoms with Crippen LogP contribution in [0.1, 0.15) is 18.1 Å². The van der Waals surface area contributed by atoms with Gasteiger partial charge in [0.25, 0.3) is 0 Å². The number of nitriles is 1. The quantitative estimate of drug-likeness (QED) is 0.355. The van der Waals surface area contributed by atoms with E-state index in [2.05, 4.69) is 28.7 Å². The first-order chi connectivity index (χ1) is 11.1. The summed E-state index contributed by atoms with van der Waals surface area (Å²) in [6, 6.07) is 13.3. The molecule has 0 saturated carbocycles. The highest BCUT2D eigenvalue weighted by atomic mass is 127. The largest absolute Gasteiger partial charge is 0.492 e. The summed E-state index contributed by atoms with van der Waals surface area (Å²) in [5.74, 6) is 1.37. The molecule has 0 saturated heterocycles. The van der Waals surface area contributed by atoms with Gasteiger partial charge in [0, 0.05) is 5.02 Å². The molecule has 0 aliphatic heterocycles. The van der Waals surface area contributed by atoms with Crippen LogP contribution in [0, 0.1) is 14.9 Å². The van der Waals surface area contributed by atoms with E-state index < -0.39 is 0 Å². The molecular formula is C18H15ClINO2. The van der Waals surface area contributed by atoms with Gasteiger partial charge in [0.15, 0.2) is 11.5 Å². The Kier molecular flexibility index (Phi) is 6.31. The molecule has 2 aromatic carbocycles. The van der Waals surface area contributed by atoms with Crippen molar-refractivity contribution in [3.05, 3.63) is 56.1 Å². The average Bonchev–Trinajstić information content (AvgIpc) is 2.54. The molecule has 0 radical (unpaired) electrons. The lowest BCUT2D eigenvalue weighted by molar-refractivity contribution is 0.309. The Hall–Kier alpha value is -1.71. The molecule has 0 aliphatic carbocycles. The van der Waals surface area contributed by atoms with E-state index in [0.29, 0.717) is 28.7 Å². The lowest BCUT2D eigenvalue weighted by Gasteiger charge is -2.12. The maximum Gasteiger partial charge on any atom is 0.174 e. The fraction of sp³-hybridized carbons (Fsp3) is 0.167. The minimum atomic E-state index is 0.544. The van der Waals surface area contributed by atoms with Crippen LogP contribution >= 0.6 is 34.2 Å². The van der Waals surface area contributed by atoms with Gasteiger partial charge in [0.1, 0.15) is 0 Å². The molecular weight excluding hydrogens is 425 g/mol.